The Morgan fingerprint density at radius 2 is 1.83 bits per heavy atom. The fourth-order valence-electron chi connectivity index (χ4n) is 0.559. The van der Waals surface area contributed by atoms with Crippen molar-refractivity contribution in [2.24, 2.45) is 0 Å². The van der Waals surface area contributed by atoms with Crippen LogP contribution < -0.4 is 0 Å². The van der Waals surface area contributed by atoms with Gasteiger partial charge in [0, 0.05) is 13.8 Å². The smallest absolute Gasteiger partial charge is 0.166 e. The largest absolute Gasteiger partial charge is 0.429 e. The van der Waals surface area contributed by atoms with Gasteiger partial charge in [0.15, 0.2) is 12.2 Å². The van der Waals surface area contributed by atoms with Crippen molar-refractivity contribution in [2.45, 2.75) is 25.9 Å². The highest BCUT2D eigenvalue weighted by atomic mass is 16.5. The third kappa shape index (κ3) is 0.548. The van der Waals surface area contributed by atoms with Gasteiger partial charge in [-0.1, -0.05) is 0 Å². The van der Waals surface area contributed by atoms with Crippen LogP contribution >= 0.6 is 0 Å². The van der Waals surface area contributed by atoms with Crippen LogP contribution in [0.4, 0.5) is 0 Å². The van der Waals surface area contributed by atoms with E-state index in [4.69, 9.17) is 0 Å². The van der Waals surface area contributed by atoms with Gasteiger partial charge in [-0.15, -0.1) is 0 Å². The van der Waals surface area contributed by atoms with Crippen LogP contribution in [0, 0.1) is 0 Å². The number of aliphatic hydroxyl groups is 2. The second kappa shape index (κ2) is 0.969. The molecular weight excluding hydrogens is 76.1 g/mol. The first kappa shape index (κ1) is 4.13. The van der Waals surface area contributed by atoms with Gasteiger partial charge >= 0.3 is 0 Å². The minimum atomic E-state index is 0.347. The van der Waals surface area contributed by atoms with Gasteiger partial charge in [0.2, 0.25) is 0 Å². The van der Waals surface area contributed by atoms with Crippen molar-refractivity contribution in [1.82, 2.24) is 0 Å². The standard InChI is InChI=1S/C5H10O/c1-5(2)3-4-6-5/h3-4H2,1-2H3/p+1. The van der Waals surface area contributed by atoms with Gasteiger partial charge in [0.1, 0.15) is 0 Å². The Morgan fingerprint density at radius 1 is 1.50 bits per heavy atom. The molecule has 0 aromatic carbocycles. The lowest BCUT2D eigenvalue weighted by molar-refractivity contribution is -0.253. The second-order valence-corrected chi connectivity index (χ2v) is 2.44. The monoisotopic (exact) mass is 87.1 g/mol. The van der Waals surface area contributed by atoms with Crippen molar-refractivity contribution in [2.75, 3.05) is 6.61 Å². The van der Waals surface area contributed by atoms with Crippen LogP contribution in [0.2, 0.25) is 0 Å². The predicted octanol–water partition coefficient (Wildman–Crippen LogP) is 0.697. The summed E-state index contributed by atoms with van der Waals surface area (Å²) in [6, 6.07) is 0. The van der Waals surface area contributed by atoms with E-state index in [0.717, 1.165) is 6.61 Å². The van der Waals surface area contributed by atoms with Gasteiger partial charge in [-0.05, 0) is 0 Å². The van der Waals surface area contributed by atoms with E-state index in [-0.39, 0.29) is 0 Å². The predicted molar refractivity (Wildman–Crippen MR) is 25.8 cm³/mol. The average molecular weight is 87.1 g/mol. The van der Waals surface area contributed by atoms with Crippen molar-refractivity contribution in [1.29, 1.82) is 0 Å². The minimum absolute atomic E-state index is 0.347. The molecule has 1 aliphatic heterocycles. The molecular formula is C5H11O+. The molecule has 0 amide bonds. The van der Waals surface area contributed by atoms with E-state index in [2.05, 4.69) is 18.6 Å². The Bertz CT molecular complexity index is 51.0. The van der Waals surface area contributed by atoms with E-state index in [1.165, 1.54) is 6.42 Å². The molecule has 1 heteroatoms. The zero-order valence-electron chi connectivity index (χ0n) is 4.36. The summed E-state index contributed by atoms with van der Waals surface area (Å²) in [6.07, 6.45) is 1.28. The Kier molecular flexibility index (Phi) is 0.667. The molecule has 0 unspecified atom stereocenters. The lowest BCUT2D eigenvalue weighted by Crippen LogP contribution is -2.41. The van der Waals surface area contributed by atoms with Gasteiger partial charge in [0.25, 0.3) is 0 Å². The highest BCUT2D eigenvalue weighted by molar-refractivity contribution is 4.73. The Hall–Kier alpha value is -0.0400. The summed E-state index contributed by atoms with van der Waals surface area (Å²) in [5.74, 6) is 0. The topological polar surface area (TPSA) is 12.8 Å². The quantitative estimate of drug-likeness (QED) is 0.386. The summed E-state index contributed by atoms with van der Waals surface area (Å²) in [6.45, 7) is 5.42. The summed E-state index contributed by atoms with van der Waals surface area (Å²) >= 11 is 0. The van der Waals surface area contributed by atoms with Crippen molar-refractivity contribution >= 4 is 0 Å². The highest BCUT2D eigenvalue weighted by Gasteiger charge is 2.33. The van der Waals surface area contributed by atoms with Crippen LogP contribution in [-0.2, 0) is 0 Å². The lowest BCUT2D eigenvalue weighted by atomic mass is 10.0. The molecule has 0 aliphatic carbocycles. The van der Waals surface area contributed by atoms with Gasteiger partial charge in [-0.2, -0.15) is 0 Å². The Morgan fingerprint density at radius 3 is 1.83 bits per heavy atom. The first-order valence-corrected chi connectivity index (χ1v) is 2.39. The highest BCUT2D eigenvalue weighted by Crippen LogP contribution is 2.19. The molecule has 0 atom stereocenters. The first-order valence-electron chi connectivity index (χ1n) is 2.39. The maximum Gasteiger partial charge on any atom is 0.166 e. The number of hydrogen-bond donors (Lipinski definition) is 0. The molecule has 0 radical (unpaired) electrons. The van der Waals surface area contributed by atoms with Crippen molar-refractivity contribution in [3.63, 3.8) is 0 Å². The third-order valence-electron chi connectivity index (χ3n) is 1.26. The number of hydrogen-bond acceptors (Lipinski definition) is 0. The van der Waals surface area contributed by atoms with E-state index in [1.54, 1.807) is 0 Å². The van der Waals surface area contributed by atoms with Crippen molar-refractivity contribution < 1.29 is 4.74 Å². The van der Waals surface area contributed by atoms with E-state index in [0.29, 0.717) is 5.60 Å². The maximum atomic E-state index is 4.20. The second-order valence-electron chi connectivity index (χ2n) is 2.44. The van der Waals surface area contributed by atoms with E-state index < -0.39 is 0 Å². The molecule has 1 N–H and O–H groups in total. The lowest BCUT2D eigenvalue weighted by Gasteiger charge is -2.28. The summed E-state index contributed by atoms with van der Waals surface area (Å²) in [7, 11) is 0. The molecule has 1 fully saturated rings. The molecule has 1 nitrogen and oxygen atoms in total. The minimum Gasteiger partial charge on any atom is -0.429 e. The molecule has 0 aromatic rings. The molecule has 1 heterocycles. The summed E-state index contributed by atoms with van der Waals surface area (Å²) in [5.41, 5.74) is 0.347. The van der Waals surface area contributed by atoms with E-state index in [9.17, 15) is 0 Å². The van der Waals surface area contributed by atoms with Crippen LogP contribution in [-0.4, -0.2) is 16.9 Å². The molecule has 1 rings (SSSR count). The van der Waals surface area contributed by atoms with Crippen LogP contribution in [0.25, 0.3) is 0 Å². The molecule has 36 valence electrons. The molecule has 6 heavy (non-hydrogen) atoms. The normalized spacial score (nSPS) is 29.0. The van der Waals surface area contributed by atoms with Gasteiger partial charge in [-0.25, -0.2) is 0 Å². The maximum absolute atomic E-state index is 4.20. The third-order valence-corrected chi connectivity index (χ3v) is 1.26. The van der Waals surface area contributed by atoms with E-state index >= 15 is 0 Å². The molecule has 1 aliphatic rings. The molecule has 0 spiro atoms. The zero-order chi connectivity index (χ0) is 4.62. The summed E-state index contributed by atoms with van der Waals surface area (Å²) in [5, 5.41) is 0. The number of rotatable bonds is 0. The molecule has 0 bridgehead atoms. The Labute approximate surface area is 38.3 Å². The zero-order valence-corrected chi connectivity index (χ0v) is 4.36. The van der Waals surface area contributed by atoms with Gasteiger partial charge in [-0.3, -0.25) is 0 Å². The van der Waals surface area contributed by atoms with Crippen LogP contribution in [0.15, 0.2) is 0 Å². The van der Waals surface area contributed by atoms with Gasteiger partial charge in [0.05, 0.1) is 6.42 Å². The Balaban J connectivity index is 2.31. The van der Waals surface area contributed by atoms with Crippen molar-refractivity contribution in [3.05, 3.63) is 0 Å². The average Bonchev–Trinajstić information content (AvgIpc) is 1.32. The number of ether oxygens (including phenoxy) is 1. The van der Waals surface area contributed by atoms with Crippen molar-refractivity contribution in [3.8, 4) is 0 Å². The van der Waals surface area contributed by atoms with Gasteiger partial charge < -0.3 is 4.74 Å². The summed E-state index contributed by atoms with van der Waals surface area (Å²) < 4.78 is 4.20. The molecule has 0 aromatic heterocycles. The molecule has 0 saturated carbocycles. The van der Waals surface area contributed by atoms with E-state index in [1.807, 2.05) is 0 Å². The molecule has 1 saturated heterocycles. The van der Waals surface area contributed by atoms with Crippen LogP contribution in [0.5, 0.6) is 0 Å². The first-order chi connectivity index (χ1) is 2.71. The fraction of sp³-hybridized carbons (Fsp3) is 1.00. The fourth-order valence-corrected chi connectivity index (χ4v) is 0.559. The summed E-state index contributed by atoms with van der Waals surface area (Å²) in [4.78, 5) is 0. The van der Waals surface area contributed by atoms with Crippen LogP contribution in [0.1, 0.15) is 20.3 Å². The van der Waals surface area contributed by atoms with Crippen LogP contribution in [0.3, 0.4) is 0 Å². The SMILES string of the molecule is CC1(C)CC[OH+]1.